The van der Waals surface area contributed by atoms with Crippen LogP contribution in [0, 0.1) is 13.8 Å². The number of fused-ring (bicyclic) bond motifs is 1. The van der Waals surface area contributed by atoms with Gasteiger partial charge in [-0.2, -0.15) is 0 Å². The highest BCUT2D eigenvalue weighted by Crippen LogP contribution is 2.33. The summed E-state index contributed by atoms with van der Waals surface area (Å²) in [6.07, 6.45) is 5.33. The summed E-state index contributed by atoms with van der Waals surface area (Å²) in [7, 11) is 0. The second-order valence-electron chi connectivity index (χ2n) is 5.06. The van der Waals surface area contributed by atoms with E-state index in [4.69, 9.17) is 4.98 Å². The number of H-pyrrole nitrogens is 1. The quantitative estimate of drug-likeness (QED) is 0.767. The molecule has 0 aliphatic heterocycles. The monoisotopic (exact) mass is 214 g/mol. The van der Waals surface area contributed by atoms with Gasteiger partial charge in [-0.15, -0.1) is 0 Å². The lowest BCUT2D eigenvalue weighted by atomic mass is 10.1. The van der Waals surface area contributed by atoms with Gasteiger partial charge in [0.25, 0.3) is 0 Å². The highest BCUT2D eigenvalue weighted by atomic mass is 14.9. The number of imidazole rings is 1. The largest absolute Gasteiger partial charge is 0.342 e. The van der Waals surface area contributed by atoms with E-state index in [-0.39, 0.29) is 0 Å². The summed E-state index contributed by atoms with van der Waals surface area (Å²) in [6.45, 7) is 4.31. The molecule has 2 heteroatoms. The number of nitrogens with one attached hydrogen (secondary N) is 1. The average Bonchev–Trinajstić information content (AvgIpc) is 2.86. The highest BCUT2D eigenvalue weighted by molar-refractivity contribution is 5.77. The van der Waals surface area contributed by atoms with Crippen LogP contribution in [-0.2, 0) is 0 Å². The van der Waals surface area contributed by atoms with Crippen LogP contribution < -0.4 is 0 Å². The third-order valence-corrected chi connectivity index (χ3v) is 3.86. The van der Waals surface area contributed by atoms with Gasteiger partial charge in [0.05, 0.1) is 11.0 Å². The van der Waals surface area contributed by atoms with E-state index in [1.807, 2.05) is 0 Å². The van der Waals surface area contributed by atoms with E-state index in [0.29, 0.717) is 5.92 Å². The molecule has 3 rings (SSSR count). The first-order chi connectivity index (χ1) is 7.74. The molecule has 2 nitrogen and oxygen atoms in total. The molecule has 0 bridgehead atoms. The van der Waals surface area contributed by atoms with Crippen molar-refractivity contribution < 1.29 is 0 Å². The van der Waals surface area contributed by atoms with Crippen molar-refractivity contribution in [2.24, 2.45) is 0 Å². The van der Waals surface area contributed by atoms with Crippen LogP contribution in [0.3, 0.4) is 0 Å². The van der Waals surface area contributed by atoms with Crippen molar-refractivity contribution in [3.05, 3.63) is 29.1 Å². The van der Waals surface area contributed by atoms with E-state index in [1.54, 1.807) is 0 Å². The van der Waals surface area contributed by atoms with Crippen LogP contribution in [0.1, 0.15) is 48.6 Å². The summed E-state index contributed by atoms with van der Waals surface area (Å²) >= 11 is 0. The van der Waals surface area contributed by atoms with Crippen molar-refractivity contribution in [3.8, 4) is 0 Å². The van der Waals surface area contributed by atoms with Gasteiger partial charge in [-0.05, 0) is 49.9 Å². The Bertz CT molecular complexity index is 480. The Morgan fingerprint density at radius 1 is 1.12 bits per heavy atom. The van der Waals surface area contributed by atoms with Crippen molar-refractivity contribution in [1.82, 2.24) is 9.97 Å². The zero-order valence-corrected chi connectivity index (χ0v) is 10.0. The fourth-order valence-corrected chi connectivity index (χ4v) is 2.68. The number of nitrogens with zero attached hydrogens (tertiary/aromatic N) is 1. The molecular formula is C14H18N2. The van der Waals surface area contributed by atoms with Crippen molar-refractivity contribution in [3.63, 3.8) is 0 Å². The minimum atomic E-state index is 0.674. The molecule has 0 radical (unpaired) electrons. The molecule has 1 heterocycles. The smallest absolute Gasteiger partial charge is 0.110 e. The summed E-state index contributed by atoms with van der Waals surface area (Å²) in [6, 6.07) is 4.41. The molecule has 1 N–H and O–H groups in total. The van der Waals surface area contributed by atoms with Crippen LogP contribution in [0.25, 0.3) is 11.0 Å². The van der Waals surface area contributed by atoms with Crippen molar-refractivity contribution in [1.29, 1.82) is 0 Å². The summed E-state index contributed by atoms with van der Waals surface area (Å²) in [4.78, 5) is 8.24. The molecule has 1 fully saturated rings. The Morgan fingerprint density at radius 2 is 1.81 bits per heavy atom. The van der Waals surface area contributed by atoms with Gasteiger partial charge >= 0.3 is 0 Å². The number of aromatic amines is 1. The zero-order chi connectivity index (χ0) is 11.1. The normalized spacial score (nSPS) is 17.4. The van der Waals surface area contributed by atoms with Crippen LogP contribution in [0.5, 0.6) is 0 Å². The Kier molecular flexibility index (Phi) is 2.23. The Morgan fingerprint density at radius 3 is 2.56 bits per heavy atom. The third-order valence-electron chi connectivity index (χ3n) is 3.86. The van der Waals surface area contributed by atoms with Gasteiger partial charge in [0.1, 0.15) is 5.82 Å². The highest BCUT2D eigenvalue weighted by Gasteiger charge is 2.20. The number of aromatic nitrogens is 2. The molecule has 0 saturated heterocycles. The molecular weight excluding hydrogens is 196 g/mol. The minimum absolute atomic E-state index is 0.674. The molecule has 0 atom stereocenters. The first-order valence-corrected chi connectivity index (χ1v) is 6.21. The van der Waals surface area contributed by atoms with E-state index in [2.05, 4.69) is 31.0 Å². The van der Waals surface area contributed by atoms with Gasteiger partial charge in [0.15, 0.2) is 0 Å². The lowest BCUT2D eigenvalue weighted by Crippen LogP contribution is -1.93. The molecule has 1 aliphatic rings. The predicted molar refractivity (Wildman–Crippen MR) is 66.8 cm³/mol. The molecule has 1 saturated carbocycles. The van der Waals surface area contributed by atoms with Gasteiger partial charge in [0, 0.05) is 5.92 Å². The fraction of sp³-hybridized carbons (Fsp3) is 0.500. The van der Waals surface area contributed by atoms with Crippen LogP contribution in [-0.4, -0.2) is 9.97 Å². The van der Waals surface area contributed by atoms with Crippen LogP contribution in [0.15, 0.2) is 12.1 Å². The SMILES string of the molecule is Cc1cc2nc(C3CCCC3)[nH]c2cc1C. The maximum Gasteiger partial charge on any atom is 0.110 e. The lowest BCUT2D eigenvalue weighted by Gasteiger charge is -2.02. The van der Waals surface area contributed by atoms with E-state index in [1.165, 1.54) is 48.2 Å². The van der Waals surface area contributed by atoms with E-state index in [9.17, 15) is 0 Å². The van der Waals surface area contributed by atoms with Gasteiger partial charge in [-0.3, -0.25) is 0 Å². The maximum atomic E-state index is 4.74. The molecule has 84 valence electrons. The van der Waals surface area contributed by atoms with Gasteiger partial charge in [-0.1, -0.05) is 12.8 Å². The number of rotatable bonds is 1. The second-order valence-corrected chi connectivity index (χ2v) is 5.06. The number of aryl methyl sites for hydroxylation is 2. The summed E-state index contributed by atoms with van der Waals surface area (Å²) in [5.41, 5.74) is 5.00. The minimum Gasteiger partial charge on any atom is -0.342 e. The van der Waals surface area contributed by atoms with Crippen LogP contribution in [0.2, 0.25) is 0 Å². The van der Waals surface area contributed by atoms with E-state index in [0.717, 1.165) is 5.52 Å². The van der Waals surface area contributed by atoms with E-state index >= 15 is 0 Å². The topological polar surface area (TPSA) is 28.7 Å². The number of hydrogen-bond donors (Lipinski definition) is 1. The van der Waals surface area contributed by atoms with Crippen molar-refractivity contribution in [2.45, 2.75) is 45.4 Å². The van der Waals surface area contributed by atoms with Gasteiger partial charge in [-0.25, -0.2) is 4.98 Å². The Balaban J connectivity index is 2.08. The second kappa shape index (κ2) is 3.62. The predicted octanol–water partition coefficient (Wildman–Crippen LogP) is 3.84. The maximum absolute atomic E-state index is 4.74. The zero-order valence-electron chi connectivity index (χ0n) is 10.0. The first kappa shape index (κ1) is 9.88. The van der Waals surface area contributed by atoms with Gasteiger partial charge < -0.3 is 4.98 Å². The molecule has 0 amide bonds. The average molecular weight is 214 g/mol. The molecule has 0 spiro atoms. The molecule has 0 unspecified atom stereocenters. The number of hydrogen-bond acceptors (Lipinski definition) is 1. The van der Waals surface area contributed by atoms with Crippen LogP contribution in [0.4, 0.5) is 0 Å². The van der Waals surface area contributed by atoms with Gasteiger partial charge in [0.2, 0.25) is 0 Å². The van der Waals surface area contributed by atoms with E-state index < -0.39 is 0 Å². The summed E-state index contributed by atoms with van der Waals surface area (Å²) in [5.74, 6) is 1.88. The van der Waals surface area contributed by atoms with Crippen molar-refractivity contribution in [2.75, 3.05) is 0 Å². The first-order valence-electron chi connectivity index (χ1n) is 6.21. The molecule has 2 aromatic rings. The Labute approximate surface area is 96.1 Å². The molecule has 1 aromatic heterocycles. The fourth-order valence-electron chi connectivity index (χ4n) is 2.68. The molecule has 1 aliphatic carbocycles. The lowest BCUT2D eigenvalue weighted by molar-refractivity contribution is 0.681. The standard InChI is InChI=1S/C14H18N2/c1-9-7-12-13(8-10(9)2)16-14(15-12)11-5-3-4-6-11/h7-8,11H,3-6H2,1-2H3,(H,15,16). The van der Waals surface area contributed by atoms with Crippen molar-refractivity contribution >= 4 is 11.0 Å². The Hall–Kier alpha value is -1.31. The molecule has 16 heavy (non-hydrogen) atoms. The third kappa shape index (κ3) is 1.53. The number of benzene rings is 1. The molecule has 1 aromatic carbocycles. The summed E-state index contributed by atoms with van der Waals surface area (Å²) < 4.78 is 0. The summed E-state index contributed by atoms with van der Waals surface area (Å²) in [5, 5.41) is 0. The van der Waals surface area contributed by atoms with Crippen LogP contribution >= 0.6 is 0 Å².